The van der Waals surface area contributed by atoms with E-state index < -0.39 is 38.6 Å². The highest BCUT2D eigenvalue weighted by atomic mass is 31.2. The smallest absolute Gasteiger partial charge is 0.357 e. The second-order valence-electron chi connectivity index (χ2n) is 3.75. The summed E-state index contributed by atoms with van der Waals surface area (Å²) in [6, 6.07) is -1.02. The van der Waals surface area contributed by atoms with Gasteiger partial charge in [-0.1, -0.05) is 0 Å². The molecule has 11 heteroatoms. The second kappa shape index (κ2) is 5.16. The molecular formula is C6H15NO8P2. The molecule has 0 spiro atoms. The third-order valence-electron chi connectivity index (χ3n) is 2.14. The first-order valence-corrected chi connectivity index (χ1v) is 7.64. The summed E-state index contributed by atoms with van der Waals surface area (Å²) in [6.45, 7) is 1.91. The van der Waals surface area contributed by atoms with Gasteiger partial charge in [0.2, 0.25) is 5.02 Å². The Hall–Kier alpha value is -0.270. The van der Waals surface area contributed by atoms with Crippen molar-refractivity contribution in [2.24, 2.45) is 0 Å². The Morgan fingerprint density at radius 1 is 1.24 bits per heavy atom. The molecule has 0 saturated heterocycles. The fourth-order valence-electron chi connectivity index (χ4n) is 1.12. The van der Waals surface area contributed by atoms with Crippen LogP contribution in [0.15, 0.2) is 0 Å². The number of nitrogens with one attached hydrogen (secondary N) is 1. The van der Waals surface area contributed by atoms with Crippen LogP contribution in [0.25, 0.3) is 0 Å². The van der Waals surface area contributed by atoms with Gasteiger partial charge in [0, 0.05) is 6.04 Å². The Kier molecular flexibility index (Phi) is 5.07. The van der Waals surface area contributed by atoms with Gasteiger partial charge in [0.05, 0.1) is 6.42 Å². The summed E-state index contributed by atoms with van der Waals surface area (Å²) in [6.07, 6.45) is -0.532. The molecule has 102 valence electrons. The quantitative estimate of drug-likeness (QED) is 0.353. The van der Waals surface area contributed by atoms with Gasteiger partial charge in [0.1, 0.15) is 0 Å². The van der Waals surface area contributed by atoms with E-state index >= 15 is 0 Å². The molecule has 0 heterocycles. The summed E-state index contributed by atoms with van der Waals surface area (Å²) in [7, 11) is -10.3. The van der Waals surface area contributed by atoms with Crippen LogP contribution in [0.3, 0.4) is 0 Å². The minimum absolute atomic E-state index is 0.532. The van der Waals surface area contributed by atoms with Crippen molar-refractivity contribution in [3.05, 3.63) is 0 Å². The van der Waals surface area contributed by atoms with E-state index in [1.54, 1.807) is 0 Å². The van der Waals surface area contributed by atoms with Crippen LogP contribution in [-0.4, -0.2) is 41.7 Å². The highest BCUT2D eigenvalue weighted by Crippen LogP contribution is 2.67. The molecule has 0 aromatic carbocycles. The van der Waals surface area contributed by atoms with E-state index in [1.807, 2.05) is 5.32 Å². The van der Waals surface area contributed by atoms with Crippen LogP contribution < -0.4 is 5.32 Å². The third kappa shape index (κ3) is 4.15. The van der Waals surface area contributed by atoms with Crippen molar-refractivity contribution in [1.29, 1.82) is 0 Å². The molecule has 0 aliphatic carbocycles. The fourth-order valence-corrected chi connectivity index (χ4v) is 3.25. The zero-order valence-electron chi connectivity index (χ0n) is 9.14. The van der Waals surface area contributed by atoms with E-state index in [2.05, 4.69) is 0 Å². The molecule has 1 atom stereocenters. The fraction of sp³-hybridized carbons (Fsp3) is 0.833. The first-order chi connectivity index (χ1) is 7.31. The number of carbonyl (C=O) groups is 1. The van der Waals surface area contributed by atoms with Crippen LogP contribution in [0.2, 0.25) is 0 Å². The summed E-state index contributed by atoms with van der Waals surface area (Å²) >= 11 is 0. The van der Waals surface area contributed by atoms with E-state index in [9.17, 15) is 13.9 Å². The lowest BCUT2D eigenvalue weighted by atomic mass is 10.2. The lowest BCUT2D eigenvalue weighted by Crippen LogP contribution is -2.47. The molecule has 0 fully saturated rings. The number of carboxylic acids is 1. The largest absolute Gasteiger partial charge is 0.481 e. The van der Waals surface area contributed by atoms with E-state index in [-0.39, 0.29) is 0 Å². The molecule has 0 aliphatic rings. The van der Waals surface area contributed by atoms with E-state index in [0.29, 0.717) is 6.92 Å². The Labute approximate surface area is 97.2 Å². The van der Waals surface area contributed by atoms with Gasteiger partial charge in [-0.15, -0.1) is 0 Å². The molecule has 0 rings (SSSR count). The van der Waals surface area contributed by atoms with Crippen LogP contribution in [0, 0.1) is 0 Å². The topological polar surface area (TPSA) is 164 Å². The van der Waals surface area contributed by atoms with Crippen molar-refractivity contribution in [2.75, 3.05) is 0 Å². The number of aliphatic carboxylic acids is 1. The first kappa shape index (κ1) is 16.7. The highest BCUT2D eigenvalue weighted by molar-refractivity contribution is 7.72. The number of rotatable bonds is 6. The van der Waals surface area contributed by atoms with Gasteiger partial charge in [-0.05, 0) is 13.8 Å². The van der Waals surface area contributed by atoms with Crippen molar-refractivity contribution in [3.63, 3.8) is 0 Å². The molecular weight excluding hydrogens is 276 g/mol. The Bertz CT molecular complexity index is 361. The third-order valence-corrected chi connectivity index (χ3v) is 6.23. The molecule has 17 heavy (non-hydrogen) atoms. The molecule has 9 nitrogen and oxygen atoms in total. The first-order valence-electron chi connectivity index (χ1n) is 4.42. The van der Waals surface area contributed by atoms with Gasteiger partial charge in [-0.25, -0.2) is 0 Å². The van der Waals surface area contributed by atoms with Crippen molar-refractivity contribution in [3.8, 4) is 0 Å². The zero-order valence-corrected chi connectivity index (χ0v) is 10.9. The number of hydrogen-bond donors (Lipinski definition) is 6. The van der Waals surface area contributed by atoms with Crippen LogP contribution in [-0.2, 0) is 13.9 Å². The minimum atomic E-state index is -5.17. The van der Waals surface area contributed by atoms with Gasteiger partial charge in [-0.2, -0.15) is 0 Å². The molecule has 0 aliphatic heterocycles. The molecule has 0 aromatic rings. The summed E-state index contributed by atoms with van der Waals surface area (Å²) in [4.78, 5) is 46.2. The van der Waals surface area contributed by atoms with Gasteiger partial charge >= 0.3 is 21.2 Å². The number of carboxylic acid groups (broad SMARTS) is 1. The summed E-state index contributed by atoms with van der Waals surface area (Å²) < 4.78 is 22.2. The van der Waals surface area contributed by atoms with Crippen molar-refractivity contribution in [2.45, 2.75) is 31.3 Å². The van der Waals surface area contributed by atoms with Gasteiger partial charge in [-0.3, -0.25) is 19.2 Å². The van der Waals surface area contributed by atoms with Crippen LogP contribution in [0.5, 0.6) is 0 Å². The monoisotopic (exact) mass is 291 g/mol. The maximum atomic E-state index is 11.1. The highest BCUT2D eigenvalue weighted by Gasteiger charge is 2.57. The van der Waals surface area contributed by atoms with Crippen molar-refractivity contribution >= 4 is 21.2 Å². The molecule has 0 amide bonds. The SMILES string of the molecule is CC(CC(=O)O)NC(C)(P(=O)(O)O)P(=O)(O)O. The maximum absolute atomic E-state index is 11.1. The molecule has 0 radical (unpaired) electrons. The van der Waals surface area contributed by atoms with E-state index in [1.165, 1.54) is 6.92 Å². The predicted octanol–water partition coefficient (Wildman–Crippen LogP) is -0.532. The number of hydrogen-bond acceptors (Lipinski definition) is 4. The second-order valence-corrected chi connectivity index (χ2v) is 8.07. The van der Waals surface area contributed by atoms with Crippen LogP contribution in [0.4, 0.5) is 0 Å². The predicted molar refractivity (Wildman–Crippen MR) is 57.3 cm³/mol. The average Bonchev–Trinajstić information content (AvgIpc) is 1.97. The molecule has 0 bridgehead atoms. The van der Waals surface area contributed by atoms with E-state index in [4.69, 9.17) is 24.7 Å². The zero-order chi connectivity index (χ0) is 14.1. The lowest BCUT2D eigenvalue weighted by molar-refractivity contribution is -0.137. The Balaban J connectivity index is 5.20. The average molecular weight is 291 g/mol. The molecule has 1 unspecified atom stereocenters. The summed E-state index contributed by atoms with van der Waals surface area (Å²) in [5.74, 6) is -1.26. The molecule has 0 saturated carbocycles. The Morgan fingerprint density at radius 3 is 1.82 bits per heavy atom. The molecule has 0 aromatic heterocycles. The summed E-state index contributed by atoms with van der Waals surface area (Å²) in [5.41, 5.74) is 0. The van der Waals surface area contributed by atoms with E-state index in [0.717, 1.165) is 0 Å². The van der Waals surface area contributed by atoms with Crippen molar-refractivity contribution in [1.82, 2.24) is 5.32 Å². The lowest BCUT2D eigenvalue weighted by Gasteiger charge is -2.34. The van der Waals surface area contributed by atoms with Gasteiger partial charge in [0.15, 0.2) is 0 Å². The normalized spacial score (nSPS) is 15.6. The van der Waals surface area contributed by atoms with Gasteiger partial charge < -0.3 is 24.7 Å². The summed E-state index contributed by atoms with van der Waals surface area (Å²) in [5, 5.41) is 7.66. The Morgan fingerprint density at radius 2 is 1.59 bits per heavy atom. The standard InChI is InChI=1S/C6H15NO8P2/c1-4(3-5(8)9)7-6(2,16(10,11)12)17(13,14)15/h4,7H,3H2,1-2H3,(H,8,9)(H2,10,11,12)(H2,13,14,15). The van der Waals surface area contributed by atoms with Crippen LogP contribution in [0.1, 0.15) is 20.3 Å². The van der Waals surface area contributed by atoms with Crippen LogP contribution >= 0.6 is 15.2 Å². The van der Waals surface area contributed by atoms with Crippen molar-refractivity contribution < 1.29 is 38.6 Å². The molecule has 6 N–H and O–H groups in total. The van der Waals surface area contributed by atoms with Gasteiger partial charge in [0.25, 0.3) is 0 Å². The minimum Gasteiger partial charge on any atom is -0.481 e. The maximum Gasteiger partial charge on any atom is 0.357 e.